The zero-order chi connectivity index (χ0) is 18.0. The van der Waals surface area contributed by atoms with E-state index in [-0.39, 0.29) is 5.54 Å². The summed E-state index contributed by atoms with van der Waals surface area (Å²) in [5.41, 5.74) is 4.82. The van der Waals surface area contributed by atoms with Gasteiger partial charge in [-0.2, -0.15) is 0 Å². The Hall–Kier alpha value is -2.29. The summed E-state index contributed by atoms with van der Waals surface area (Å²) in [4.78, 5) is 7.10. The van der Waals surface area contributed by atoms with E-state index >= 15 is 0 Å². The summed E-state index contributed by atoms with van der Waals surface area (Å²) >= 11 is 0. The summed E-state index contributed by atoms with van der Waals surface area (Å²) in [6, 6.07) is 14.4. The molecule has 2 aromatic rings. The van der Waals surface area contributed by atoms with Gasteiger partial charge in [0.05, 0.1) is 12.8 Å². The van der Waals surface area contributed by atoms with Crippen LogP contribution in [0.15, 0.2) is 47.5 Å². The van der Waals surface area contributed by atoms with E-state index in [4.69, 9.17) is 4.74 Å². The summed E-state index contributed by atoms with van der Waals surface area (Å²) in [5.74, 6) is 1.39. The van der Waals surface area contributed by atoms with Crippen LogP contribution in [-0.4, -0.2) is 25.4 Å². The molecular weight excluding hydrogens is 308 g/mol. The van der Waals surface area contributed by atoms with Crippen LogP contribution in [0.4, 0.5) is 11.4 Å². The molecule has 0 saturated carbocycles. The molecule has 1 unspecified atom stereocenters. The molecule has 0 aromatic heterocycles. The number of anilines is 1. The molecule has 0 amide bonds. The van der Waals surface area contributed by atoms with E-state index in [2.05, 4.69) is 49.7 Å². The van der Waals surface area contributed by atoms with Crippen molar-refractivity contribution in [2.24, 2.45) is 4.99 Å². The summed E-state index contributed by atoms with van der Waals surface area (Å²) in [6.07, 6.45) is 3.06. The molecule has 3 heteroatoms. The Morgan fingerprint density at radius 3 is 2.60 bits per heavy atom. The summed E-state index contributed by atoms with van der Waals surface area (Å²) < 4.78 is 5.68. The summed E-state index contributed by atoms with van der Waals surface area (Å²) in [6.45, 7) is 10.2. The average molecular weight is 336 g/mol. The number of hydrogen-bond donors (Lipinski definition) is 0. The van der Waals surface area contributed by atoms with Gasteiger partial charge in [0.2, 0.25) is 0 Å². The maximum Gasteiger partial charge on any atom is 0.129 e. The number of fused-ring (bicyclic) bond motifs is 1. The lowest BCUT2D eigenvalue weighted by Gasteiger charge is -2.47. The highest BCUT2D eigenvalue weighted by Gasteiger charge is 2.36. The molecule has 0 spiro atoms. The number of rotatable bonds is 4. The number of hydrogen-bond acceptors (Lipinski definition) is 3. The van der Waals surface area contributed by atoms with Crippen LogP contribution < -0.4 is 9.64 Å². The molecule has 25 heavy (non-hydrogen) atoms. The molecule has 132 valence electrons. The Morgan fingerprint density at radius 2 is 1.96 bits per heavy atom. The number of nitrogens with zero attached hydrogens (tertiary/aromatic N) is 2. The predicted molar refractivity (Wildman–Crippen MR) is 107 cm³/mol. The van der Waals surface area contributed by atoms with Crippen molar-refractivity contribution in [1.82, 2.24) is 0 Å². The number of methoxy groups -OCH3 is 1. The van der Waals surface area contributed by atoms with Crippen LogP contribution in [0.25, 0.3) is 0 Å². The van der Waals surface area contributed by atoms with Crippen LogP contribution in [0, 0.1) is 0 Å². The lowest BCUT2D eigenvalue weighted by molar-refractivity contribution is 0.377. The first-order valence-corrected chi connectivity index (χ1v) is 9.05. The zero-order valence-corrected chi connectivity index (χ0v) is 15.9. The van der Waals surface area contributed by atoms with E-state index in [0.717, 1.165) is 30.0 Å². The Kier molecular flexibility index (Phi) is 4.85. The minimum absolute atomic E-state index is 0.159. The molecule has 0 N–H and O–H groups in total. The highest BCUT2D eigenvalue weighted by molar-refractivity contribution is 5.87. The summed E-state index contributed by atoms with van der Waals surface area (Å²) in [5, 5.41) is 0. The molecule has 1 heterocycles. The van der Waals surface area contributed by atoms with Crippen molar-refractivity contribution in [3.8, 4) is 5.75 Å². The molecular formula is C22H28N2O. The van der Waals surface area contributed by atoms with Crippen LogP contribution in [0.5, 0.6) is 5.75 Å². The van der Waals surface area contributed by atoms with E-state index in [1.54, 1.807) is 7.11 Å². The van der Waals surface area contributed by atoms with E-state index in [1.165, 1.54) is 11.3 Å². The maximum absolute atomic E-state index is 5.68. The van der Waals surface area contributed by atoms with Crippen LogP contribution in [-0.2, 0) is 0 Å². The number of para-hydroxylation sites is 1. The first-order chi connectivity index (χ1) is 12.0. The van der Waals surface area contributed by atoms with Crippen LogP contribution in [0.3, 0.4) is 0 Å². The molecule has 2 aromatic carbocycles. The zero-order valence-electron chi connectivity index (χ0n) is 15.9. The number of aliphatic imine (C=N–C) groups is 1. The normalized spacial score (nSPS) is 19.1. The minimum Gasteiger partial charge on any atom is -0.496 e. The number of benzene rings is 2. The number of ether oxygens (including phenoxy) is 1. The summed E-state index contributed by atoms with van der Waals surface area (Å²) in [7, 11) is 1.73. The van der Waals surface area contributed by atoms with Gasteiger partial charge in [0.15, 0.2) is 0 Å². The van der Waals surface area contributed by atoms with Crippen LogP contribution in [0.2, 0.25) is 0 Å². The van der Waals surface area contributed by atoms with E-state index in [9.17, 15) is 0 Å². The van der Waals surface area contributed by atoms with Gasteiger partial charge in [0.1, 0.15) is 5.75 Å². The fourth-order valence-corrected chi connectivity index (χ4v) is 4.06. The van der Waals surface area contributed by atoms with Gasteiger partial charge < -0.3 is 9.64 Å². The topological polar surface area (TPSA) is 24.8 Å². The molecule has 1 atom stereocenters. The van der Waals surface area contributed by atoms with Gasteiger partial charge >= 0.3 is 0 Å². The van der Waals surface area contributed by atoms with Gasteiger partial charge in [-0.05, 0) is 56.9 Å². The first kappa shape index (κ1) is 17.5. The molecule has 0 radical (unpaired) electrons. The molecule has 0 bridgehead atoms. The fraction of sp³-hybridized carbons (Fsp3) is 0.409. The smallest absolute Gasteiger partial charge is 0.129 e. The highest BCUT2D eigenvalue weighted by atomic mass is 16.5. The second-order valence-corrected chi connectivity index (χ2v) is 7.41. The Morgan fingerprint density at radius 1 is 1.24 bits per heavy atom. The van der Waals surface area contributed by atoms with Crippen molar-refractivity contribution >= 4 is 17.6 Å². The minimum atomic E-state index is 0.159. The third kappa shape index (κ3) is 3.41. The quantitative estimate of drug-likeness (QED) is 0.683. The highest BCUT2D eigenvalue weighted by Crippen LogP contribution is 2.45. The molecule has 0 aliphatic carbocycles. The molecule has 3 nitrogen and oxygen atoms in total. The lowest BCUT2D eigenvalue weighted by Crippen LogP contribution is -2.48. The largest absolute Gasteiger partial charge is 0.496 e. The van der Waals surface area contributed by atoms with Crippen molar-refractivity contribution in [3.05, 3.63) is 53.6 Å². The first-order valence-electron chi connectivity index (χ1n) is 9.05. The Labute approximate surface area is 151 Å². The van der Waals surface area contributed by atoms with Crippen LogP contribution >= 0.6 is 0 Å². The van der Waals surface area contributed by atoms with E-state index in [0.29, 0.717) is 5.92 Å². The molecule has 1 aliphatic rings. The SMILES string of the molecule is CCN1c2cc(OC)c(C=Nc3ccccc3)cc2C(C)CC1(C)C. The van der Waals surface area contributed by atoms with Crippen molar-refractivity contribution < 1.29 is 4.74 Å². The van der Waals surface area contributed by atoms with Gasteiger partial charge in [-0.1, -0.05) is 25.1 Å². The van der Waals surface area contributed by atoms with E-state index in [1.807, 2.05) is 36.5 Å². The van der Waals surface area contributed by atoms with Crippen molar-refractivity contribution in [3.63, 3.8) is 0 Å². The third-order valence-electron chi connectivity index (χ3n) is 5.16. The second kappa shape index (κ2) is 6.91. The van der Waals surface area contributed by atoms with Gasteiger partial charge in [-0.15, -0.1) is 0 Å². The molecule has 0 saturated heterocycles. The lowest BCUT2D eigenvalue weighted by atomic mass is 9.79. The van der Waals surface area contributed by atoms with Crippen molar-refractivity contribution in [2.45, 2.75) is 45.6 Å². The van der Waals surface area contributed by atoms with Gasteiger partial charge in [0, 0.05) is 35.6 Å². The predicted octanol–water partition coefficient (Wildman–Crippen LogP) is 5.56. The molecule has 1 aliphatic heterocycles. The Bertz CT molecular complexity index is 765. The monoisotopic (exact) mass is 336 g/mol. The maximum atomic E-state index is 5.68. The van der Waals surface area contributed by atoms with E-state index < -0.39 is 0 Å². The average Bonchev–Trinajstić information content (AvgIpc) is 2.60. The Balaban J connectivity index is 2.05. The molecule has 0 fully saturated rings. The second-order valence-electron chi connectivity index (χ2n) is 7.41. The molecule has 3 rings (SSSR count). The fourth-order valence-electron chi connectivity index (χ4n) is 4.06. The third-order valence-corrected chi connectivity index (χ3v) is 5.16. The standard InChI is InChI=1S/C22H28N2O/c1-6-24-20-13-21(25-5)17(15-23-18-10-8-7-9-11-18)12-19(20)16(2)14-22(24,3)4/h7-13,15-16H,6,14H2,1-5H3. The van der Waals surface area contributed by atoms with Gasteiger partial charge in [-0.25, -0.2) is 0 Å². The van der Waals surface area contributed by atoms with Crippen LogP contribution in [0.1, 0.15) is 51.2 Å². The van der Waals surface area contributed by atoms with Crippen molar-refractivity contribution in [1.29, 1.82) is 0 Å². The van der Waals surface area contributed by atoms with Gasteiger partial charge in [0.25, 0.3) is 0 Å². The van der Waals surface area contributed by atoms with Gasteiger partial charge in [-0.3, -0.25) is 4.99 Å². The van der Waals surface area contributed by atoms with Crippen molar-refractivity contribution in [2.75, 3.05) is 18.6 Å².